The Morgan fingerprint density at radius 2 is 0.488 bits per heavy atom. The molecule has 0 saturated carbocycles. The van der Waals surface area contributed by atoms with Crippen LogP contribution in [0.3, 0.4) is 0 Å². The zero-order chi connectivity index (χ0) is 35.0. The highest BCUT2D eigenvalue weighted by Crippen LogP contribution is 2.39. The average molecular weight is 607 g/mol. The van der Waals surface area contributed by atoms with E-state index < -0.39 is 0 Å². The fourth-order valence-corrected chi connectivity index (χ4v) is 3.96. The molecule has 3 aromatic carbocycles. The van der Waals surface area contributed by atoms with Crippen LogP contribution in [0, 0.1) is 55.4 Å². The summed E-state index contributed by atoms with van der Waals surface area (Å²) >= 11 is 0. The Kier molecular flexibility index (Phi) is 66.6. The van der Waals surface area contributed by atoms with Gasteiger partial charge in [0.25, 0.3) is 0 Å². The molecule has 0 saturated heterocycles. The lowest BCUT2D eigenvalue weighted by Gasteiger charge is -2.21. The van der Waals surface area contributed by atoms with Crippen LogP contribution in [-0.2, 0) is 0 Å². The van der Waals surface area contributed by atoms with Crippen molar-refractivity contribution in [2.75, 3.05) is 0 Å². The van der Waals surface area contributed by atoms with Crippen molar-refractivity contribution in [2.24, 2.45) is 0 Å². The van der Waals surface area contributed by atoms with Gasteiger partial charge >= 0.3 is 0 Å². The van der Waals surface area contributed by atoms with E-state index in [4.69, 9.17) is 0 Å². The second kappa shape index (κ2) is 44.6. The predicted octanol–water partition coefficient (Wildman–Crippen LogP) is 17.4. The third kappa shape index (κ3) is 20.0. The predicted molar refractivity (Wildman–Crippen MR) is 220 cm³/mol. The van der Waals surface area contributed by atoms with Gasteiger partial charge in [-0.05, 0) is 121 Å². The number of fused-ring (bicyclic) bond motifs is 2. The zero-order valence-electron chi connectivity index (χ0n) is 33.9. The molecular weight excluding hydrogens is 516 g/mol. The van der Waals surface area contributed by atoms with Gasteiger partial charge in [-0.1, -0.05) is 158 Å². The van der Waals surface area contributed by atoms with Gasteiger partial charge in [-0.25, -0.2) is 0 Å². The molecule has 0 aliphatic heterocycles. The quantitative estimate of drug-likeness (QED) is 0.223. The van der Waals surface area contributed by atoms with Crippen molar-refractivity contribution in [1.82, 2.24) is 0 Å². The molecule has 0 heterocycles. The van der Waals surface area contributed by atoms with Crippen molar-refractivity contribution in [2.45, 2.75) is 201 Å². The Labute approximate surface area is 278 Å². The minimum Gasteiger partial charge on any atom is -0.0776 e. The molecule has 0 N–H and O–H groups in total. The highest BCUT2D eigenvalue weighted by atomic mass is 14.2. The van der Waals surface area contributed by atoms with Crippen molar-refractivity contribution >= 4 is 21.5 Å². The Balaban J connectivity index is -0.0000000674. The molecule has 0 nitrogen and oxygen atoms in total. The monoisotopic (exact) mass is 607 g/mol. The van der Waals surface area contributed by atoms with Crippen molar-refractivity contribution < 1.29 is 0 Å². The van der Waals surface area contributed by atoms with Crippen LogP contribution in [0.5, 0.6) is 0 Å². The minimum absolute atomic E-state index is 0. The summed E-state index contributed by atoms with van der Waals surface area (Å²) in [6.45, 7) is 54.3. The second-order valence-corrected chi connectivity index (χ2v) is 7.69. The van der Waals surface area contributed by atoms with Crippen LogP contribution in [0.15, 0.2) is 12.1 Å². The van der Waals surface area contributed by atoms with Crippen LogP contribution < -0.4 is 0 Å². The maximum Gasteiger partial charge on any atom is -0.0111 e. The average Bonchev–Trinajstić information content (AvgIpc) is 3.06. The first kappa shape index (κ1) is 64.2. The summed E-state index contributed by atoms with van der Waals surface area (Å²) in [5, 5.41) is 5.76. The van der Waals surface area contributed by atoms with E-state index in [-0.39, 0.29) is 14.9 Å². The Morgan fingerprint density at radius 1 is 0.326 bits per heavy atom. The Hall–Kier alpha value is -1.82. The van der Waals surface area contributed by atoms with Gasteiger partial charge in [-0.2, -0.15) is 0 Å². The number of hydrogen-bond acceptors (Lipinski definition) is 0. The van der Waals surface area contributed by atoms with Gasteiger partial charge in [-0.15, -0.1) is 0 Å². The van der Waals surface area contributed by atoms with E-state index in [1.807, 2.05) is 111 Å². The summed E-state index contributed by atoms with van der Waals surface area (Å²) in [5.41, 5.74) is 11.4. The van der Waals surface area contributed by atoms with E-state index in [1.54, 1.807) is 0 Å². The fourth-order valence-electron chi connectivity index (χ4n) is 3.96. The van der Waals surface area contributed by atoms with Crippen LogP contribution in [0.1, 0.15) is 190 Å². The van der Waals surface area contributed by atoms with E-state index in [0.29, 0.717) is 0 Å². The molecule has 3 aromatic rings. The van der Waals surface area contributed by atoms with Gasteiger partial charge in [0.1, 0.15) is 0 Å². The maximum atomic E-state index is 2.37. The largest absolute Gasteiger partial charge is 0.0776 e. The molecular formula is C43H90. The lowest BCUT2D eigenvalue weighted by Crippen LogP contribution is -1.99. The maximum absolute atomic E-state index is 2.37. The number of benzene rings is 3. The van der Waals surface area contributed by atoms with Gasteiger partial charge in [0.15, 0.2) is 0 Å². The number of rotatable bonds is 0. The molecule has 43 heavy (non-hydrogen) atoms. The van der Waals surface area contributed by atoms with Crippen LogP contribution in [-0.4, -0.2) is 0 Å². The first-order valence-corrected chi connectivity index (χ1v) is 17.6. The molecule has 0 heteroatoms. The van der Waals surface area contributed by atoms with Gasteiger partial charge in [0.2, 0.25) is 0 Å². The smallest absolute Gasteiger partial charge is 0.0111 e. The summed E-state index contributed by atoms with van der Waals surface area (Å²) in [4.78, 5) is 0. The molecule has 262 valence electrons. The minimum atomic E-state index is 0. The van der Waals surface area contributed by atoms with E-state index in [0.717, 1.165) is 0 Å². The molecule has 3 rings (SSSR count). The normalized spacial score (nSPS) is 7.49. The Morgan fingerprint density at radius 3 is 0.651 bits per heavy atom. The van der Waals surface area contributed by atoms with Crippen LogP contribution in [0.2, 0.25) is 0 Å². The Bertz CT molecular complexity index is 878. The number of hydrogen-bond donors (Lipinski definition) is 0. The van der Waals surface area contributed by atoms with E-state index in [1.165, 1.54) is 72.5 Å². The van der Waals surface area contributed by atoms with Crippen molar-refractivity contribution in [3.05, 3.63) is 56.6 Å². The highest BCUT2D eigenvalue weighted by molar-refractivity contribution is 6.08. The van der Waals surface area contributed by atoms with Crippen LogP contribution in [0.4, 0.5) is 0 Å². The molecule has 0 spiro atoms. The van der Waals surface area contributed by atoms with Crippen LogP contribution in [0.25, 0.3) is 21.5 Å². The van der Waals surface area contributed by atoms with Gasteiger partial charge in [0, 0.05) is 0 Å². The van der Waals surface area contributed by atoms with Crippen molar-refractivity contribution in [1.29, 1.82) is 0 Å². The van der Waals surface area contributed by atoms with Crippen LogP contribution >= 0.6 is 0 Å². The van der Waals surface area contributed by atoms with E-state index in [9.17, 15) is 0 Å². The summed E-state index contributed by atoms with van der Waals surface area (Å²) in [5.74, 6) is 0. The fraction of sp³-hybridized carbons (Fsp3) is 0.674. The molecule has 0 amide bonds. The van der Waals surface area contributed by atoms with E-state index >= 15 is 0 Å². The third-order valence-electron chi connectivity index (χ3n) is 5.88. The molecule has 0 aliphatic carbocycles. The standard InChI is InChI=1S/C22H26.C3H8.8C2H6.2CH4/c1-11-9-19-17(7)21-15(5)13(3)14(4)16(6)22(21)18(8)20(19)10-12(11)2;1-3-2;8*1-2;;/h9-10H,1-8H3;3H2,1-2H3;8*1-2H3;2*1H4. The van der Waals surface area contributed by atoms with Crippen molar-refractivity contribution in [3.63, 3.8) is 0 Å². The second-order valence-electron chi connectivity index (χ2n) is 7.69. The molecule has 0 unspecified atom stereocenters. The van der Waals surface area contributed by atoms with Gasteiger partial charge < -0.3 is 0 Å². The van der Waals surface area contributed by atoms with Gasteiger partial charge in [0.05, 0.1) is 0 Å². The first-order valence-electron chi connectivity index (χ1n) is 17.6. The van der Waals surface area contributed by atoms with Crippen molar-refractivity contribution in [3.8, 4) is 0 Å². The molecule has 0 bridgehead atoms. The SMILES string of the molecule is C.C.CC.CC.CC.CC.CC.CC.CC.CC.CCC.Cc1cc2c(C)c3c(C)c(C)c(C)c(C)c3c(C)c2cc1C. The lowest BCUT2D eigenvalue weighted by molar-refractivity contribution is 1.09. The first-order chi connectivity index (χ1) is 19.7. The molecule has 0 radical (unpaired) electrons. The zero-order valence-corrected chi connectivity index (χ0v) is 33.9. The molecule has 0 fully saturated rings. The lowest BCUT2D eigenvalue weighted by atomic mass is 9.83. The molecule has 0 aliphatic rings. The third-order valence-corrected chi connectivity index (χ3v) is 5.88. The summed E-state index contributed by atoms with van der Waals surface area (Å²) in [7, 11) is 0. The molecule has 0 atom stereocenters. The highest BCUT2D eigenvalue weighted by Gasteiger charge is 2.16. The van der Waals surface area contributed by atoms with Gasteiger partial charge in [-0.3, -0.25) is 0 Å². The summed E-state index contributed by atoms with van der Waals surface area (Å²) in [6, 6.07) is 4.74. The summed E-state index contributed by atoms with van der Waals surface area (Å²) in [6.07, 6.45) is 1.25. The van der Waals surface area contributed by atoms with E-state index in [2.05, 4.69) is 81.4 Å². The number of aryl methyl sites for hydroxylation is 6. The molecule has 0 aromatic heterocycles. The summed E-state index contributed by atoms with van der Waals surface area (Å²) < 4.78 is 0. The topological polar surface area (TPSA) is 0 Å².